The Labute approximate surface area is 144 Å². The molecule has 2 nitrogen and oxygen atoms in total. The molecule has 1 aromatic carbocycles. The first kappa shape index (κ1) is 19.7. The van der Waals surface area contributed by atoms with Crippen LogP contribution in [0.3, 0.4) is 0 Å². The lowest BCUT2D eigenvalue weighted by molar-refractivity contribution is -0.138. The molecule has 7 heteroatoms. The number of halogens is 5. The quantitative estimate of drug-likeness (QED) is 0.804. The number of hydrogen-bond donors (Lipinski definition) is 1. The van der Waals surface area contributed by atoms with Crippen LogP contribution in [-0.2, 0) is 12.7 Å². The zero-order valence-electron chi connectivity index (χ0n) is 12.4. The van der Waals surface area contributed by atoms with Gasteiger partial charge < -0.3 is 5.32 Å². The Morgan fingerprint density at radius 3 is 2.68 bits per heavy atom. The van der Waals surface area contributed by atoms with Gasteiger partial charge in [-0.3, -0.25) is 4.90 Å². The minimum Gasteiger partial charge on any atom is -0.317 e. The second-order valence-corrected chi connectivity index (χ2v) is 6.46. The predicted molar refractivity (Wildman–Crippen MR) is 88.4 cm³/mol. The van der Waals surface area contributed by atoms with Crippen LogP contribution in [0.2, 0.25) is 0 Å². The third-order valence-corrected chi connectivity index (χ3v) is 4.46. The summed E-state index contributed by atoms with van der Waals surface area (Å²) in [6, 6.07) is 4.74. The Morgan fingerprint density at radius 2 is 2.00 bits per heavy atom. The van der Waals surface area contributed by atoms with E-state index in [0.717, 1.165) is 38.4 Å². The molecule has 0 aromatic heterocycles. The highest BCUT2D eigenvalue weighted by atomic mass is 79.9. The maximum absolute atomic E-state index is 13.1. The standard InChI is InChI=1S/C15H20BrF3N2.ClH/c1-21(13-3-2-7-20-8-6-13)10-11-4-5-12(16)9-14(11)15(17,18)19;/h4-5,9,13,20H,2-3,6-8,10H2,1H3;1H. The van der Waals surface area contributed by atoms with Crippen LogP contribution in [0.1, 0.15) is 30.4 Å². The van der Waals surface area contributed by atoms with Crippen LogP contribution >= 0.6 is 28.3 Å². The van der Waals surface area contributed by atoms with Crippen molar-refractivity contribution < 1.29 is 13.2 Å². The normalized spacial score (nSPS) is 19.6. The van der Waals surface area contributed by atoms with E-state index >= 15 is 0 Å². The maximum Gasteiger partial charge on any atom is 0.416 e. The summed E-state index contributed by atoms with van der Waals surface area (Å²) < 4.78 is 39.9. The minimum atomic E-state index is -4.31. The van der Waals surface area contributed by atoms with Gasteiger partial charge in [0.1, 0.15) is 0 Å². The van der Waals surface area contributed by atoms with Gasteiger partial charge in [-0.25, -0.2) is 0 Å². The first-order valence-electron chi connectivity index (χ1n) is 7.14. The molecule has 2 rings (SSSR count). The van der Waals surface area contributed by atoms with Crippen molar-refractivity contribution in [3.63, 3.8) is 0 Å². The summed E-state index contributed by atoms with van der Waals surface area (Å²) in [7, 11) is 1.91. The van der Waals surface area contributed by atoms with Gasteiger partial charge in [-0.05, 0) is 57.1 Å². The first-order valence-corrected chi connectivity index (χ1v) is 7.94. The highest BCUT2D eigenvalue weighted by molar-refractivity contribution is 9.10. The number of rotatable bonds is 3. The van der Waals surface area contributed by atoms with Crippen LogP contribution in [0.5, 0.6) is 0 Å². The van der Waals surface area contributed by atoms with Gasteiger partial charge >= 0.3 is 6.18 Å². The Hall–Kier alpha value is -0.300. The number of hydrogen-bond acceptors (Lipinski definition) is 2. The number of nitrogens with one attached hydrogen (secondary N) is 1. The van der Waals surface area contributed by atoms with Crippen molar-refractivity contribution in [3.8, 4) is 0 Å². The molecule has 1 atom stereocenters. The van der Waals surface area contributed by atoms with Crippen LogP contribution in [0, 0.1) is 0 Å². The largest absolute Gasteiger partial charge is 0.416 e. The fourth-order valence-corrected chi connectivity index (χ4v) is 3.15. The molecule has 0 bridgehead atoms. The average molecular weight is 402 g/mol. The number of benzene rings is 1. The summed E-state index contributed by atoms with van der Waals surface area (Å²) in [6.07, 6.45) is -1.23. The van der Waals surface area contributed by atoms with Crippen molar-refractivity contribution in [1.29, 1.82) is 0 Å². The van der Waals surface area contributed by atoms with E-state index in [9.17, 15) is 13.2 Å². The van der Waals surface area contributed by atoms with Crippen LogP contribution in [-0.4, -0.2) is 31.1 Å². The molecule has 1 aliphatic rings. The molecule has 126 valence electrons. The molecule has 0 saturated carbocycles. The third kappa shape index (κ3) is 5.41. The number of nitrogens with zero attached hydrogens (tertiary/aromatic N) is 1. The summed E-state index contributed by atoms with van der Waals surface area (Å²) in [5.41, 5.74) is -0.208. The van der Waals surface area contributed by atoms with Gasteiger partial charge in [0.25, 0.3) is 0 Å². The van der Waals surface area contributed by atoms with Crippen molar-refractivity contribution in [1.82, 2.24) is 10.2 Å². The molecule has 0 radical (unpaired) electrons. The number of alkyl halides is 3. The highest BCUT2D eigenvalue weighted by Crippen LogP contribution is 2.34. The van der Waals surface area contributed by atoms with Gasteiger partial charge in [-0.2, -0.15) is 13.2 Å². The van der Waals surface area contributed by atoms with E-state index in [2.05, 4.69) is 21.2 Å². The van der Waals surface area contributed by atoms with E-state index in [1.165, 1.54) is 0 Å². The molecule has 1 fully saturated rings. The first-order chi connectivity index (χ1) is 9.88. The molecule has 0 spiro atoms. The second kappa shape index (κ2) is 8.52. The van der Waals surface area contributed by atoms with Crippen molar-refractivity contribution in [2.24, 2.45) is 0 Å². The van der Waals surface area contributed by atoms with Crippen LogP contribution in [0.25, 0.3) is 0 Å². The van der Waals surface area contributed by atoms with Gasteiger partial charge in [0, 0.05) is 17.1 Å². The SMILES string of the molecule is CN(Cc1ccc(Br)cc1C(F)(F)F)C1CCCNCC1.Cl. The highest BCUT2D eigenvalue weighted by Gasteiger charge is 2.34. The summed E-state index contributed by atoms with van der Waals surface area (Å²) in [5, 5.41) is 3.33. The lowest BCUT2D eigenvalue weighted by Gasteiger charge is -2.28. The van der Waals surface area contributed by atoms with E-state index < -0.39 is 11.7 Å². The van der Waals surface area contributed by atoms with Gasteiger partial charge in [-0.1, -0.05) is 22.0 Å². The molecular formula is C15H21BrClF3N2. The molecular weight excluding hydrogens is 381 g/mol. The van der Waals surface area contributed by atoms with Gasteiger partial charge in [0.05, 0.1) is 5.56 Å². The monoisotopic (exact) mass is 400 g/mol. The molecule has 1 heterocycles. The van der Waals surface area contributed by atoms with Crippen molar-refractivity contribution in [2.45, 2.75) is 38.0 Å². The minimum absolute atomic E-state index is 0. The summed E-state index contributed by atoms with van der Waals surface area (Å²) >= 11 is 3.12. The second-order valence-electron chi connectivity index (χ2n) is 5.55. The summed E-state index contributed by atoms with van der Waals surface area (Å²) in [4.78, 5) is 2.05. The topological polar surface area (TPSA) is 15.3 Å². The Balaban J connectivity index is 0.00000242. The van der Waals surface area contributed by atoms with Gasteiger partial charge in [0.2, 0.25) is 0 Å². The maximum atomic E-state index is 13.1. The molecule has 1 saturated heterocycles. The summed E-state index contributed by atoms with van der Waals surface area (Å²) in [6.45, 7) is 2.25. The van der Waals surface area contributed by atoms with Crippen LogP contribution in [0.15, 0.2) is 22.7 Å². The van der Waals surface area contributed by atoms with Crippen molar-refractivity contribution in [3.05, 3.63) is 33.8 Å². The molecule has 0 amide bonds. The van der Waals surface area contributed by atoms with E-state index in [4.69, 9.17) is 0 Å². The molecule has 22 heavy (non-hydrogen) atoms. The fraction of sp³-hybridized carbons (Fsp3) is 0.600. The van der Waals surface area contributed by atoms with E-state index in [1.807, 2.05) is 11.9 Å². The van der Waals surface area contributed by atoms with Crippen LogP contribution < -0.4 is 5.32 Å². The predicted octanol–water partition coefficient (Wildman–Crippen LogP) is 4.46. The molecule has 1 aliphatic heterocycles. The molecule has 1 N–H and O–H groups in total. The lowest BCUT2D eigenvalue weighted by Crippen LogP contribution is -2.32. The van der Waals surface area contributed by atoms with Crippen LogP contribution in [0.4, 0.5) is 13.2 Å². The zero-order chi connectivity index (χ0) is 15.5. The van der Waals surface area contributed by atoms with Crippen molar-refractivity contribution >= 4 is 28.3 Å². The zero-order valence-corrected chi connectivity index (χ0v) is 14.8. The van der Waals surface area contributed by atoms with Gasteiger partial charge in [-0.15, -0.1) is 12.4 Å². The third-order valence-electron chi connectivity index (χ3n) is 3.97. The molecule has 0 aliphatic carbocycles. The molecule has 1 aromatic rings. The fourth-order valence-electron chi connectivity index (χ4n) is 2.79. The molecule has 1 unspecified atom stereocenters. The Kier molecular flexibility index (Phi) is 7.65. The van der Waals surface area contributed by atoms with Gasteiger partial charge in [0.15, 0.2) is 0 Å². The lowest BCUT2D eigenvalue weighted by atomic mass is 10.0. The Bertz CT molecular complexity index is 474. The van der Waals surface area contributed by atoms with E-state index in [-0.39, 0.29) is 12.4 Å². The van der Waals surface area contributed by atoms with E-state index in [0.29, 0.717) is 22.6 Å². The smallest absolute Gasteiger partial charge is 0.317 e. The average Bonchev–Trinajstić information content (AvgIpc) is 2.68. The summed E-state index contributed by atoms with van der Waals surface area (Å²) in [5.74, 6) is 0. The van der Waals surface area contributed by atoms with E-state index in [1.54, 1.807) is 12.1 Å². The van der Waals surface area contributed by atoms with Crippen molar-refractivity contribution in [2.75, 3.05) is 20.1 Å². The Morgan fingerprint density at radius 1 is 1.27 bits per heavy atom.